The molecule has 1 aromatic heterocycles. The van der Waals surface area contributed by atoms with Crippen LogP contribution in [0.2, 0.25) is 5.02 Å². The summed E-state index contributed by atoms with van der Waals surface area (Å²) < 4.78 is 5.17. The van der Waals surface area contributed by atoms with Crippen LogP contribution in [-0.4, -0.2) is 16.0 Å². The van der Waals surface area contributed by atoms with Crippen molar-refractivity contribution in [2.24, 2.45) is 0 Å². The van der Waals surface area contributed by atoms with Gasteiger partial charge in [0.1, 0.15) is 0 Å². The van der Waals surface area contributed by atoms with E-state index in [1.54, 1.807) is 12.1 Å². The van der Waals surface area contributed by atoms with Crippen molar-refractivity contribution < 1.29 is 9.32 Å². The van der Waals surface area contributed by atoms with Gasteiger partial charge in [0, 0.05) is 10.6 Å². The molecule has 1 heterocycles. The first-order valence-corrected chi connectivity index (χ1v) is 8.45. The number of aryl methyl sites for hydroxylation is 1. The lowest BCUT2D eigenvalue weighted by Gasteiger charge is -2.03. The predicted molar refractivity (Wildman–Crippen MR) is 96.1 cm³/mol. The summed E-state index contributed by atoms with van der Waals surface area (Å²) in [6.45, 7) is 2.30. The number of benzene rings is 2. The summed E-state index contributed by atoms with van der Waals surface area (Å²) in [4.78, 5) is 16.3. The topological polar surface area (TPSA) is 68.0 Å². The number of nitrogens with one attached hydrogen (secondary N) is 1. The average Bonchev–Trinajstić information content (AvgIpc) is 3.10. The predicted octanol–water partition coefficient (Wildman–Crippen LogP) is 3.81. The number of amides is 1. The number of carbonyl (C=O) groups excluding carboxylic acids is 1. The van der Waals surface area contributed by atoms with E-state index in [-0.39, 0.29) is 12.5 Å². The molecule has 0 saturated heterocycles. The lowest BCUT2D eigenvalue weighted by molar-refractivity contribution is -0.120. The monoisotopic (exact) mass is 355 g/mol. The second-order valence-electron chi connectivity index (χ2n) is 5.64. The largest absolute Gasteiger partial charge is 0.347 e. The average molecular weight is 356 g/mol. The summed E-state index contributed by atoms with van der Waals surface area (Å²) in [6, 6.07) is 15.2. The minimum absolute atomic E-state index is 0.0875. The number of rotatable bonds is 6. The molecule has 0 bridgehead atoms. The van der Waals surface area contributed by atoms with Crippen molar-refractivity contribution in [2.75, 3.05) is 0 Å². The van der Waals surface area contributed by atoms with Gasteiger partial charge in [-0.1, -0.05) is 47.9 Å². The van der Waals surface area contributed by atoms with Crippen molar-refractivity contribution in [3.63, 3.8) is 0 Å². The zero-order valence-electron chi connectivity index (χ0n) is 13.8. The molecule has 6 heteroatoms. The fraction of sp³-hybridized carbons (Fsp3) is 0.211. The van der Waals surface area contributed by atoms with Crippen LogP contribution < -0.4 is 5.32 Å². The molecule has 128 valence electrons. The van der Waals surface area contributed by atoms with Crippen molar-refractivity contribution in [1.82, 2.24) is 15.5 Å². The van der Waals surface area contributed by atoms with Crippen LogP contribution in [0.5, 0.6) is 0 Å². The molecular formula is C19H18ClN3O2. The van der Waals surface area contributed by atoms with Crippen LogP contribution >= 0.6 is 11.6 Å². The molecule has 0 aliphatic rings. The molecule has 0 radical (unpaired) electrons. The Morgan fingerprint density at radius 2 is 1.76 bits per heavy atom. The van der Waals surface area contributed by atoms with Crippen molar-refractivity contribution in [1.29, 1.82) is 0 Å². The van der Waals surface area contributed by atoms with Crippen LogP contribution in [0.25, 0.3) is 11.4 Å². The maximum absolute atomic E-state index is 12.0. The minimum atomic E-state index is -0.0875. The highest BCUT2D eigenvalue weighted by Crippen LogP contribution is 2.18. The van der Waals surface area contributed by atoms with Crippen LogP contribution in [0.1, 0.15) is 23.9 Å². The maximum Gasteiger partial charge on any atom is 0.246 e. The van der Waals surface area contributed by atoms with Gasteiger partial charge in [-0.05, 0) is 41.8 Å². The van der Waals surface area contributed by atoms with Gasteiger partial charge in [0.15, 0.2) is 0 Å². The molecule has 1 amide bonds. The Morgan fingerprint density at radius 1 is 1.08 bits per heavy atom. The van der Waals surface area contributed by atoms with E-state index in [9.17, 15) is 4.79 Å². The van der Waals surface area contributed by atoms with Crippen molar-refractivity contribution in [2.45, 2.75) is 26.3 Å². The highest BCUT2D eigenvalue weighted by atomic mass is 35.5. The first kappa shape index (κ1) is 17.2. The quantitative estimate of drug-likeness (QED) is 0.730. The molecule has 3 rings (SSSR count). The van der Waals surface area contributed by atoms with E-state index in [0.29, 0.717) is 23.2 Å². The van der Waals surface area contributed by atoms with Crippen LogP contribution in [-0.2, 0) is 24.2 Å². The summed E-state index contributed by atoms with van der Waals surface area (Å²) in [7, 11) is 0. The van der Waals surface area contributed by atoms with Gasteiger partial charge in [0.25, 0.3) is 0 Å². The normalized spacial score (nSPS) is 10.6. The van der Waals surface area contributed by atoms with Crippen LogP contribution in [0, 0.1) is 0 Å². The molecule has 0 atom stereocenters. The molecule has 3 aromatic rings. The molecule has 0 saturated carbocycles. The van der Waals surface area contributed by atoms with Gasteiger partial charge in [-0.3, -0.25) is 4.79 Å². The van der Waals surface area contributed by atoms with Gasteiger partial charge < -0.3 is 9.84 Å². The molecule has 0 aliphatic heterocycles. The smallest absolute Gasteiger partial charge is 0.246 e. The van der Waals surface area contributed by atoms with E-state index < -0.39 is 0 Å². The number of hydrogen-bond donors (Lipinski definition) is 1. The number of hydrogen-bond acceptors (Lipinski definition) is 4. The molecule has 0 fully saturated rings. The van der Waals surface area contributed by atoms with E-state index in [0.717, 1.165) is 17.5 Å². The summed E-state index contributed by atoms with van der Waals surface area (Å²) in [5.41, 5.74) is 3.04. The number of carbonyl (C=O) groups is 1. The second kappa shape index (κ2) is 7.94. The number of nitrogens with zero attached hydrogens (tertiary/aromatic N) is 2. The fourth-order valence-corrected chi connectivity index (χ4v) is 2.48. The first-order chi connectivity index (χ1) is 12.1. The molecule has 0 unspecified atom stereocenters. The molecule has 0 spiro atoms. The van der Waals surface area contributed by atoms with E-state index >= 15 is 0 Å². The first-order valence-electron chi connectivity index (χ1n) is 8.07. The fourth-order valence-electron chi connectivity index (χ4n) is 2.36. The standard InChI is InChI=1S/C19H18ClN3O2/c1-2-13-3-5-14(6-4-13)11-17(24)21-12-18-22-19(23-25-18)15-7-9-16(20)10-8-15/h3-10H,2,11-12H2,1H3,(H,21,24). The zero-order chi connectivity index (χ0) is 17.6. The Kier molecular flexibility index (Phi) is 5.46. The van der Waals surface area contributed by atoms with Gasteiger partial charge >= 0.3 is 0 Å². The van der Waals surface area contributed by atoms with Crippen LogP contribution in [0.4, 0.5) is 0 Å². The molecule has 2 aromatic carbocycles. The van der Waals surface area contributed by atoms with Gasteiger partial charge in [0.05, 0.1) is 13.0 Å². The second-order valence-corrected chi connectivity index (χ2v) is 6.08. The molecular weight excluding hydrogens is 338 g/mol. The molecule has 5 nitrogen and oxygen atoms in total. The Morgan fingerprint density at radius 3 is 2.44 bits per heavy atom. The Bertz CT molecular complexity index is 842. The highest BCUT2D eigenvalue weighted by Gasteiger charge is 2.10. The SMILES string of the molecule is CCc1ccc(CC(=O)NCc2nc(-c3ccc(Cl)cc3)no2)cc1. The van der Waals surface area contributed by atoms with Crippen LogP contribution in [0.15, 0.2) is 53.1 Å². The van der Waals surface area contributed by atoms with E-state index in [1.165, 1.54) is 5.56 Å². The third-order valence-electron chi connectivity index (χ3n) is 3.80. The van der Waals surface area contributed by atoms with Crippen LogP contribution in [0.3, 0.4) is 0 Å². The summed E-state index contributed by atoms with van der Waals surface area (Å²) >= 11 is 5.86. The lowest BCUT2D eigenvalue weighted by atomic mass is 10.1. The summed E-state index contributed by atoms with van der Waals surface area (Å²) in [5, 5.41) is 7.36. The summed E-state index contributed by atoms with van der Waals surface area (Å²) in [5.74, 6) is 0.742. The minimum Gasteiger partial charge on any atom is -0.347 e. The van der Waals surface area contributed by atoms with E-state index in [4.69, 9.17) is 16.1 Å². The van der Waals surface area contributed by atoms with Gasteiger partial charge in [-0.15, -0.1) is 0 Å². The lowest BCUT2D eigenvalue weighted by Crippen LogP contribution is -2.24. The van der Waals surface area contributed by atoms with Gasteiger partial charge in [-0.25, -0.2) is 0 Å². The van der Waals surface area contributed by atoms with E-state index in [2.05, 4.69) is 22.4 Å². The Labute approximate surface area is 151 Å². The maximum atomic E-state index is 12.0. The summed E-state index contributed by atoms with van der Waals surface area (Å²) in [6.07, 6.45) is 1.31. The third-order valence-corrected chi connectivity index (χ3v) is 4.06. The Hall–Kier alpha value is -2.66. The zero-order valence-corrected chi connectivity index (χ0v) is 14.6. The van der Waals surface area contributed by atoms with Crippen molar-refractivity contribution in [3.8, 4) is 11.4 Å². The van der Waals surface area contributed by atoms with E-state index in [1.807, 2.05) is 36.4 Å². The molecule has 0 aliphatic carbocycles. The number of aromatic nitrogens is 2. The van der Waals surface area contributed by atoms with Gasteiger partial charge in [-0.2, -0.15) is 4.98 Å². The molecule has 25 heavy (non-hydrogen) atoms. The molecule has 1 N–H and O–H groups in total. The van der Waals surface area contributed by atoms with Gasteiger partial charge in [0.2, 0.25) is 17.6 Å². The highest BCUT2D eigenvalue weighted by molar-refractivity contribution is 6.30. The Balaban J connectivity index is 1.54. The van der Waals surface area contributed by atoms with Crippen molar-refractivity contribution in [3.05, 3.63) is 70.6 Å². The number of halogens is 1. The third kappa shape index (κ3) is 4.67. The van der Waals surface area contributed by atoms with Crippen molar-refractivity contribution >= 4 is 17.5 Å².